The van der Waals surface area contributed by atoms with E-state index in [9.17, 15) is 10.0 Å². The Balaban J connectivity index is 2.50. The molecule has 0 aromatic heterocycles. The van der Waals surface area contributed by atoms with Crippen LogP contribution in [0.3, 0.4) is 0 Å². The van der Waals surface area contributed by atoms with E-state index >= 15 is 0 Å². The highest BCUT2D eigenvalue weighted by atomic mass is 16.5. The summed E-state index contributed by atoms with van der Waals surface area (Å²) in [6.07, 6.45) is 9.46. The van der Waals surface area contributed by atoms with Gasteiger partial charge in [-0.1, -0.05) is 6.08 Å². The lowest BCUT2D eigenvalue weighted by molar-refractivity contribution is -0.744. The van der Waals surface area contributed by atoms with Gasteiger partial charge in [-0.15, -0.1) is 0 Å². The van der Waals surface area contributed by atoms with Crippen LogP contribution in [-0.2, 0) is 4.79 Å². The number of hydroxylamine groups is 2. The molecule has 0 aromatic carbocycles. The van der Waals surface area contributed by atoms with Crippen LogP contribution < -0.4 is 5.06 Å². The van der Waals surface area contributed by atoms with E-state index in [1.807, 2.05) is 0 Å². The zero-order chi connectivity index (χ0) is 8.55. The molecule has 2 aliphatic rings. The Bertz CT molecular complexity index is 348. The molecule has 0 saturated carbocycles. The summed E-state index contributed by atoms with van der Waals surface area (Å²) >= 11 is 0. The molecule has 1 aliphatic carbocycles. The number of hydrogen-bond acceptors (Lipinski definition) is 2. The van der Waals surface area contributed by atoms with Crippen molar-refractivity contribution in [2.45, 2.75) is 0 Å². The van der Waals surface area contributed by atoms with Gasteiger partial charge in [0.25, 0.3) is 0 Å². The first-order chi connectivity index (χ1) is 5.79. The van der Waals surface area contributed by atoms with Crippen molar-refractivity contribution in [3.05, 3.63) is 53.1 Å². The molecule has 60 valence electrons. The van der Waals surface area contributed by atoms with Gasteiger partial charge in [0.15, 0.2) is 5.78 Å². The number of nitrogens with one attached hydrogen (secondary N) is 1. The number of quaternary nitrogens is 1. The van der Waals surface area contributed by atoms with Crippen molar-refractivity contribution in [2.75, 3.05) is 0 Å². The highest BCUT2D eigenvalue weighted by molar-refractivity contribution is 6.08. The third-order valence-corrected chi connectivity index (χ3v) is 1.84. The maximum absolute atomic E-state index is 11.2. The van der Waals surface area contributed by atoms with Crippen molar-refractivity contribution in [2.24, 2.45) is 0 Å². The zero-order valence-corrected chi connectivity index (χ0v) is 6.28. The molecule has 0 saturated heterocycles. The molecule has 0 aromatic rings. The minimum absolute atomic E-state index is 0.0924. The number of carbonyl (C=O) groups excluding carboxylic acids is 1. The van der Waals surface area contributed by atoms with Crippen LogP contribution in [0.2, 0.25) is 0 Å². The molecule has 1 heterocycles. The van der Waals surface area contributed by atoms with Gasteiger partial charge in [0.2, 0.25) is 0 Å². The van der Waals surface area contributed by atoms with E-state index in [2.05, 4.69) is 0 Å². The number of hydrogen-bond donors (Lipinski definition) is 1. The van der Waals surface area contributed by atoms with Crippen LogP contribution in [-0.4, -0.2) is 5.78 Å². The first-order valence-corrected chi connectivity index (χ1v) is 3.65. The molecule has 3 heteroatoms. The molecule has 2 rings (SSSR count). The molecule has 0 bridgehead atoms. The molecule has 12 heavy (non-hydrogen) atoms. The van der Waals surface area contributed by atoms with Crippen molar-refractivity contribution in [1.29, 1.82) is 0 Å². The van der Waals surface area contributed by atoms with Crippen molar-refractivity contribution in [3.63, 3.8) is 0 Å². The first kappa shape index (κ1) is 7.21. The summed E-state index contributed by atoms with van der Waals surface area (Å²) < 4.78 is 0. The normalized spacial score (nSPS) is 26.4. The van der Waals surface area contributed by atoms with Gasteiger partial charge in [-0.3, -0.25) is 4.79 Å². The first-order valence-electron chi connectivity index (χ1n) is 3.65. The van der Waals surface area contributed by atoms with E-state index in [-0.39, 0.29) is 10.8 Å². The molecule has 1 aliphatic heterocycles. The SMILES string of the molecule is O=C1C=CC=C2C1=CC=C[NH+]2[O-]. The lowest BCUT2D eigenvalue weighted by atomic mass is 10.0. The second-order valence-electron chi connectivity index (χ2n) is 2.61. The second-order valence-corrected chi connectivity index (χ2v) is 2.61. The monoisotopic (exact) mass is 161 g/mol. The summed E-state index contributed by atoms with van der Waals surface area (Å²) in [5.41, 5.74) is 1.01. The average molecular weight is 161 g/mol. The van der Waals surface area contributed by atoms with E-state index < -0.39 is 0 Å². The number of carbonyl (C=O) groups is 1. The van der Waals surface area contributed by atoms with Crippen molar-refractivity contribution in [3.8, 4) is 0 Å². The predicted octanol–water partition coefficient (Wildman–Crippen LogP) is -0.154. The quantitative estimate of drug-likeness (QED) is 0.502. The van der Waals surface area contributed by atoms with Gasteiger partial charge >= 0.3 is 0 Å². The molecule has 3 nitrogen and oxygen atoms in total. The zero-order valence-electron chi connectivity index (χ0n) is 6.28. The van der Waals surface area contributed by atoms with Crippen molar-refractivity contribution in [1.82, 2.24) is 0 Å². The fourth-order valence-corrected chi connectivity index (χ4v) is 1.25. The van der Waals surface area contributed by atoms with Crippen LogP contribution in [0.1, 0.15) is 0 Å². The van der Waals surface area contributed by atoms with Gasteiger partial charge < -0.3 is 10.3 Å². The predicted molar refractivity (Wildman–Crippen MR) is 43.8 cm³/mol. The summed E-state index contributed by atoms with van der Waals surface area (Å²) in [6.45, 7) is 0. The second kappa shape index (κ2) is 2.55. The lowest BCUT2D eigenvalue weighted by Gasteiger charge is -2.24. The molecular weight excluding hydrogens is 154 g/mol. The topological polar surface area (TPSA) is 44.6 Å². The maximum Gasteiger partial charge on any atom is 0.191 e. The Kier molecular flexibility index (Phi) is 1.53. The number of allylic oxidation sites excluding steroid dienone is 6. The van der Waals surface area contributed by atoms with E-state index in [4.69, 9.17) is 0 Å². The number of fused-ring (bicyclic) bond motifs is 1. The Morgan fingerprint density at radius 3 is 2.83 bits per heavy atom. The Morgan fingerprint density at radius 2 is 2.08 bits per heavy atom. The third kappa shape index (κ3) is 0.958. The molecule has 0 spiro atoms. The largest absolute Gasteiger partial charge is 0.624 e. The highest BCUT2D eigenvalue weighted by Gasteiger charge is 2.21. The lowest BCUT2D eigenvalue weighted by Crippen LogP contribution is -3.01. The fourth-order valence-electron chi connectivity index (χ4n) is 1.25. The van der Waals surface area contributed by atoms with Gasteiger partial charge in [-0.25, -0.2) is 0 Å². The van der Waals surface area contributed by atoms with Crippen LogP contribution in [0.25, 0.3) is 0 Å². The van der Waals surface area contributed by atoms with Gasteiger partial charge in [0.1, 0.15) is 5.70 Å². The highest BCUT2D eigenvalue weighted by Crippen LogP contribution is 2.13. The standard InChI is InChI=1S/C9H7NO2/c11-9-5-1-4-8-7(9)3-2-6-10(8)12/h1-6,10H. The van der Waals surface area contributed by atoms with Gasteiger partial charge in [-0.2, -0.15) is 0 Å². The Morgan fingerprint density at radius 1 is 1.25 bits per heavy atom. The van der Waals surface area contributed by atoms with E-state index in [1.54, 1.807) is 24.3 Å². The Labute approximate surface area is 69.6 Å². The molecular formula is C9H7NO2. The van der Waals surface area contributed by atoms with Crippen molar-refractivity contribution < 1.29 is 9.86 Å². The average Bonchev–Trinajstić information content (AvgIpc) is 2.07. The third-order valence-electron chi connectivity index (χ3n) is 1.84. The van der Waals surface area contributed by atoms with Crippen LogP contribution in [0.15, 0.2) is 47.9 Å². The number of rotatable bonds is 0. The van der Waals surface area contributed by atoms with Crippen LogP contribution in [0.4, 0.5) is 0 Å². The maximum atomic E-state index is 11.2. The van der Waals surface area contributed by atoms with Crippen LogP contribution in [0, 0.1) is 5.21 Å². The minimum Gasteiger partial charge on any atom is -0.624 e. The molecule has 0 fully saturated rings. The summed E-state index contributed by atoms with van der Waals surface area (Å²) in [4.78, 5) is 11.2. The number of ketones is 1. The molecule has 0 amide bonds. The molecule has 1 atom stereocenters. The van der Waals surface area contributed by atoms with E-state index in [1.165, 1.54) is 12.3 Å². The van der Waals surface area contributed by atoms with Crippen molar-refractivity contribution >= 4 is 5.78 Å². The smallest absolute Gasteiger partial charge is 0.191 e. The molecule has 1 unspecified atom stereocenters. The summed E-state index contributed by atoms with van der Waals surface area (Å²) in [7, 11) is 0. The minimum atomic E-state index is -0.0924. The fraction of sp³-hybridized carbons (Fsp3) is 0. The summed E-state index contributed by atoms with van der Waals surface area (Å²) in [5, 5.41) is 11.1. The van der Waals surface area contributed by atoms with Gasteiger partial charge in [-0.05, 0) is 18.2 Å². The molecule has 1 N–H and O–H groups in total. The summed E-state index contributed by atoms with van der Waals surface area (Å²) in [5.74, 6) is -0.0924. The van der Waals surface area contributed by atoms with Crippen LogP contribution in [0.5, 0.6) is 0 Å². The Hall–Kier alpha value is -1.45. The van der Waals surface area contributed by atoms with Gasteiger partial charge in [0.05, 0.1) is 11.8 Å². The molecule has 0 radical (unpaired) electrons. The van der Waals surface area contributed by atoms with E-state index in [0.29, 0.717) is 11.3 Å². The van der Waals surface area contributed by atoms with E-state index in [0.717, 1.165) is 0 Å². The van der Waals surface area contributed by atoms with Gasteiger partial charge in [0, 0.05) is 6.08 Å². The van der Waals surface area contributed by atoms with Crippen LogP contribution >= 0.6 is 0 Å². The summed E-state index contributed by atoms with van der Waals surface area (Å²) in [6, 6.07) is 0.